The lowest BCUT2D eigenvalue weighted by Gasteiger charge is -2.32. The van der Waals surface area contributed by atoms with Crippen LogP contribution >= 0.6 is 27.3 Å². The summed E-state index contributed by atoms with van der Waals surface area (Å²) >= 11 is 4.88. The molecule has 1 aliphatic rings. The predicted octanol–water partition coefficient (Wildman–Crippen LogP) is 2.72. The molecule has 1 fully saturated rings. The van der Waals surface area contributed by atoms with Gasteiger partial charge < -0.3 is 10.2 Å². The minimum atomic E-state index is 0.0508. The Hall–Kier alpha value is -0.390. The van der Waals surface area contributed by atoms with Gasteiger partial charge >= 0.3 is 0 Å². The van der Waals surface area contributed by atoms with Crippen LogP contribution in [0.4, 0.5) is 0 Å². The fourth-order valence-corrected chi connectivity index (χ4v) is 3.62. The van der Waals surface area contributed by atoms with Crippen molar-refractivity contribution in [1.82, 2.24) is 10.2 Å². The molecule has 94 valence electrons. The van der Waals surface area contributed by atoms with Crippen LogP contribution in [0.25, 0.3) is 0 Å². The molecule has 1 amide bonds. The lowest BCUT2D eigenvalue weighted by molar-refractivity contribution is 0.0909. The van der Waals surface area contributed by atoms with Gasteiger partial charge in [0.15, 0.2) is 0 Å². The van der Waals surface area contributed by atoms with Crippen molar-refractivity contribution in [3.8, 4) is 0 Å². The highest BCUT2D eigenvalue weighted by molar-refractivity contribution is 9.10. The summed E-state index contributed by atoms with van der Waals surface area (Å²) in [6.45, 7) is 5.37. The molecule has 0 spiro atoms. The Balaban J connectivity index is 1.93. The number of carbonyl (C=O) groups is 1. The van der Waals surface area contributed by atoms with E-state index in [1.165, 1.54) is 17.8 Å². The standard InChI is InChI=1S/C12H17BrN2OS/c1-2-15-6-3-4-9(8-15)14-12(16)11-10(13)5-7-17-11/h5,7,9H,2-4,6,8H2,1H3,(H,14,16). The average molecular weight is 317 g/mol. The fraction of sp³-hybridized carbons (Fsp3) is 0.583. The second kappa shape index (κ2) is 5.98. The minimum Gasteiger partial charge on any atom is -0.347 e. The number of amides is 1. The second-order valence-electron chi connectivity index (χ2n) is 4.30. The Bertz CT molecular complexity index is 394. The SMILES string of the molecule is CCN1CCCC(NC(=O)c2sccc2Br)C1. The smallest absolute Gasteiger partial charge is 0.262 e. The van der Waals surface area contributed by atoms with E-state index >= 15 is 0 Å². The van der Waals surface area contributed by atoms with Crippen molar-refractivity contribution in [1.29, 1.82) is 0 Å². The van der Waals surface area contributed by atoms with Gasteiger partial charge in [0.05, 0.1) is 0 Å². The predicted molar refractivity (Wildman–Crippen MR) is 74.6 cm³/mol. The third kappa shape index (κ3) is 3.30. The van der Waals surface area contributed by atoms with Crippen LogP contribution in [0.3, 0.4) is 0 Å². The highest BCUT2D eigenvalue weighted by Crippen LogP contribution is 2.22. The molecule has 3 nitrogen and oxygen atoms in total. The summed E-state index contributed by atoms with van der Waals surface area (Å²) in [5, 5.41) is 5.05. The Labute approximate surface area is 114 Å². The van der Waals surface area contributed by atoms with Crippen molar-refractivity contribution in [3.63, 3.8) is 0 Å². The fourth-order valence-electron chi connectivity index (χ4n) is 2.17. The molecule has 1 aromatic rings. The van der Waals surface area contributed by atoms with Crippen LogP contribution in [0.5, 0.6) is 0 Å². The number of thiophene rings is 1. The first-order valence-electron chi connectivity index (χ1n) is 5.97. The maximum Gasteiger partial charge on any atom is 0.262 e. The molecule has 1 atom stereocenters. The topological polar surface area (TPSA) is 32.3 Å². The maximum atomic E-state index is 12.0. The Kier molecular flexibility index (Phi) is 4.59. The van der Waals surface area contributed by atoms with Crippen molar-refractivity contribution in [3.05, 3.63) is 20.8 Å². The first kappa shape index (κ1) is 13.1. The van der Waals surface area contributed by atoms with Crippen LogP contribution in [0.2, 0.25) is 0 Å². The van der Waals surface area contributed by atoms with E-state index in [9.17, 15) is 4.79 Å². The molecule has 1 aromatic heterocycles. The van der Waals surface area contributed by atoms with E-state index in [1.54, 1.807) is 0 Å². The van der Waals surface area contributed by atoms with Gasteiger partial charge in [0.1, 0.15) is 4.88 Å². The Morgan fingerprint density at radius 2 is 2.53 bits per heavy atom. The van der Waals surface area contributed by atoms with E-state index in [0.29, 0.717) is 6.04 Å². The largest absolute Gasteiger partial charge is 0.347 e. The van der Waals surface area contributed by atoms with Gasteiger partial charge in [-0.3, -0.25) is 4.79 Å². The number of piperidine rings is 1. The van der Waals surface area contributed by atoms with E-state index in [-0.39, 0.29) is 5.91 Å². The highest BCUT2D eigenvalue weighted by Gasteiger charge is 2.21. The monoisotopic (exact) mass is 316 g/mol. The minimum absolute atomic E-state index is 0.0508. The normalized spacial score (nSPS) is 21.4. The van der Waals surface area contributed by atoms with E-state index in [4.69, 9.17) is 0 Å². The molecule has 1 unspecified atom stereocenters. The summed E-state index contributed by atoms with van der Waals surface area (Å²) in [4.78, 5) is 15.2. The zero-order valence-corrected chi connectivity index (χ0v) is 12.3. The van der Waals surface area contributed by atoms with Crippen molar-refractivity contribution in [2.24, 2.45) is 0 Å². The highest BCUT2D eigenvalue weighted by atomic mass is 79.9. The van der Waals surface area contributed by atoms with Crippen molar-refractivity contribution >= 4 is 33.2 Å². The molecular formula is C12H17BrN2OS. The Morgan fingerprint density at radius 1 is 1.71 bits per heavy atom. The lowest BCUT2D eigenvalue weighted by Crippen LogP contribution is -2.47. The van der Waals surface area contributed by atoms with Gasteiger partial charge in [-0.2, -0.15) is 0 Å². The molecule has 2 rings (SSSR count). The number of nitrogens with one attached hydrogen (secondary N) is 1. The lowest BCUT2D eigenvalue weighted by atomic mass is 10.1. The number of hydrogen-bond donors (Lipinski definition) is 1. The molecular weight excluding hydrogens is 300 g/mol. The molecule has 0 bridgehead atoms. The van der Waals surface area contributed by atoms with Gasteiger partial charge in [0, 0.05) is 17.1 Å². The van der Waals surface area contributed by atoms with Crippen LogP contribution < -0.4 is 5.32 Å². The molecule has 17 heavy (non-hydrogen) atoms. The van der Waals surface area contributed by atoms with Gasteiger partial charge in [0.25, 0.3) is 5.91 Å². The zero-order valence-electron chi connectivity index (χ0n) is 9.91. The summed E-state index contributed by atoms with van der Waals surface area (Å²) in [5.41, 5.74) is 0. The summed E-state index contributed by atoms with van der Waals surface area (Å²) in [7, 11) is 0. The molecule has 5 heteroatoms. The van der Waals surface area contributed by atoms with E-state index in [1.807, 2.05) is 11.4 Å². The molecule has 0 aliphatic carbocycles. The number of rotatable bonds is 3. The van der Waals surface area contributed by atoms with Crippen LogP contribution in [0.15, 0.2) is 15.9 Å². The molecule has 0 aromatic carbocycles. The molecule has 1 N–H and O–H groups in total. The van der Waals surface area contributed by atoms with Crippen LogP contribution in [0, 0.1) is 0 Å². The second-order valence-corrected chi connectivity index (χ2v) is 6.07. The van der Waals surface area contributed by atoms with E-state index in [2.05, 4.69) is 33.1 Å². The summed E-state index contributed by atoms with van der Waals surface area (Å²) in [6.07, 6.45) is 2.26. The Morgan fingerprint density at radius 3 is 3.18 bits per heavy atom. The molecule has 1 saturated heterocycles. The van der Waals surface area contributed by atoms with E-state index < -0.39 is 0 Å². The third-order valence-electron chi connectivity index (χ3n) is 3.11. The van der Waals surface area contributed by atoms with Crippen LogP contribution in [-0.2, 0) is 0 Å². The van der Waals surface area contributed by atoms with Gasteiger partial charge in [-0.15, -0.1) is 11.3 Å². The average Bonchev–Trinajstić information content (AvgIpc) is 2.76. The van der Waals surface area contributed by atoms with Gasteiger partial charge in [0.2, 0.25) is 0 Å². The number of hydrogen-bond acceptors (Lipinski definition) is 3. The van der Waals surface area contributed by atoms with Gasteiger partial charge in [-0.25, -0.2) is 0 Å². The molecule has 0 saturated carbocycles. The van der Waals surface area contributed by atoms with Gasteiger partial charge in [-0.1, -0.05) is 6.92 Å². The summed E-state index contributed by atoms with van der Waals surface area (Å²) < 4.78 is 0.892. The van der Waals surface area contributed by atoms with Crippen molar-refractivity contribution in [2.75, 3.05) is 19.6 Å². The van der Waals surface area contributed by atoms with Crippen LogP contribution in [0.1, 0.15) is 29.4 Å². The summed E-state index contributed by atoms with van der Waals surface area (Å²) in [5.74, 6) is 0.0508. The first-order valence-corrected chi connectivity index (χ1v) is 7.64. The van der Waals surface area contributed by atoms with Crippen molar-refractivity contribution in [2.45, 2.75) is 25.8 Å². The number of likely N-dealkylation sites (N-methyl/N-ethyl adjacent to an activating group) is 1. The third-order valence-corrected chi connectivity index (χ3v) is 4.95. The maximum absolute atomic E-state index is 12.0. The molecule has 1 aliphatic heterocycles. The van der Waals surface area contributed by atoms with Crippen molar-refractivity contribution < 1.29 is 4.79 Å². The zero-order chi connectivity index (χ0) is 12.3. The number of carbonyl (C=O) groups excluding carboxylic acids is 1. The van der Waals surface area contributed by atoms with E-state index in [0.717, 1.165) is 35.4 Å². The first-order chi connectivity index (χ1) is 8.20. The molecule has 2 heterocycles. The summed E-state index contributed by atoms with van der Waals surface area (Å²) in [6, 6.07) is 2.21. The quantitative estimate of drug-likeness (QED) is 0.930. The number of likely N-dealkylation sites (tertiary alicyclic amines) is 1. The molecule has 0 radical (unpaired) electrons. The number of halogens is 1. The van der Waals surface area contributed by atoms with Crippen LogP contribution in [-0.4, -0.2) is 36.5 Å². The van der Waals surface area contributed by atoms with Gasteiger partial charge in [-0.05, 0) is 53.3 Å². The number of nitrogens with zero attached hydrogens (tertiary/aromatic N) is 1.